The molecule has 1 N–H and O–H groups in total. The highest BCUT2D eigenvalue weighted by molar-refractivity contribution is 5.97. The minimum Gasteiger partial charge on any atom is -0.507 e. The van der Waals surface area contributed by atoms with Crippen LogP contribution in [-0.4, -0.2) is 19.6 Å². The fourth-order valence-electron chi connectivity index (χ4n) is 8.33. The summed E-state index contributed by atoms with van der Waals surface area (Å²) in [5, 5.41) is 12.4. The summed E-state index contributed by atoms with van der Waals surface area (Å²) in [4.78, 5) is 9.82. The molecule has 0 saturated heterocycles. The molecule has 64 heavy (non-hydrogen) atoms. The van der Waals surface area contributed by atoms with Gasteiger partial charge in [0.05, 0.1) is 37.6 Å². The Morgan fingerprint density at radius 1 is 0.656 bits per heavy atom. The van der Waals surface area contributed by atoms with Crippen LogP contribution in [0.5, 0.6) is 5.75 Å². The normalized spacial score (nSPS) is 16.2. The molecule has 0 aliphatic carbocycles. The number of fused-ring (bicyclic) bond motifs is 1. The van der Waals surface area contributed by atoms with E-state index in [1.807, 2.05) is 97.0 Å². The lowest BCUT2D eigenvalue weighted by Gasteiger charge is -2.22. The number of hydrogen-bond donors (Lipinski definition) is 1. The molecule has 0 aliphatic heterocycles. The SMILES string of the molecule is [2H]c1nc(-c2cc(-c3cccc4c3nc(-c3cc(C(C)C)cc(C(C)C)c3O)n4-c3ccc(-c4c(C([2H])(C)C)cccc4C([2H])(C)C)cc3C([2H])([2H])[2H])cc(C(C)(C)C)c2)c([2H])c(-c2c([2H])c([2H])c(C([2H])([2H])[2H])c([2H])c2[2H])c1[2H]. The van der Waals surface area contributed by atoms with Crippen molar-refractivity contribution in [3.05, 3.63) is 166 Å². The van der Waals surface area contributed by atoms with E-state index in [4.69, 9.17) is 21.4 Å². The lowest BCUT2D eigenvalue weighted by molar-refractivity contribution is 0.466. The zero-order chi connectivity index (χ0) is 58.7. The number of rotatable bonds is 10. The summed E-state index contributed by atoms with van der Waals surface area (Å²) in [6, 6.07) is 21.0. The Morgan fingerprint density at radius 2 is 1.36 bits per heavy atom. The van der Waals surface area contributed by atoms with Crippen LogP contribution >= 0.6 is 0 Å². The quantitative estimate of drug-likeness (QED) is 0.149. The molecule has 2 heterocycles. The molecular formula is C60H65N3O. The second-order valence-electron chi connectivity index (χ2n) is 18.7. The molecule has 4 nitrogen and oxygen atoms in total. The van der Waals surface area contributed by atoms with Crippen LogP contribution in [0.4, 0.5) is 0 Å². The average Bonchev–Trinajstić information content (AvgIpc) is 3.86. The first-order valence-corrected chi connectivity index (χ1v) is 21.8. The Balaban J connectivity index is 1.48. The molecule has 8 aromatic rings. The van der Waals surface area contributed by atoms with Gasteiger partial charge in [0, 0.05) is 28.3 Å². The Hall–Kier alpha value is -6.26. The van der Waals surface area contributed by atoms with Crippen molar-refractivity contribution in [2.45, 2.75) is 119 Å². The van der Waals surface area contributed by atoms with Crippen molar-refractivity contribution in [1.82, 2.24) is 14.5 Å². The van der Waals surface area contributed by atoms with Gasteiger partial charge in [-0.15, -0.1) is 0 Å². The molecule has 326 valence electrons. The third-order valence-corrected chi connectivity index (χ3v) is 11.9. The van der Waals surface area contributed by atoms with Crippen molar-refractivity contribution in [1.29, 1.82) is 0 Å². The fourth-order valence-corrected chi connectivity index (χ4v) is 8.33. The molecule has 0 unspecified atom stereocenters. The minimum absolute atomic E-state index is 0.0132. The van der Waals surface area contributed by atoms with Crippen molar-refractivity contribution in [2.24, 2.45) is 0 Å². The molecule has 0 saturated carbocycles. The summed E-state index contributed by atoms with van der Waals surface area (Å²) >= 11 is 0. The van der Waals surface area contributed by atoms with Gasteiger partial charge in [-0.3, -0.25) is 9.55 Å². The van der Waals surface area contributed by atoms with Crippen LogP contribution in [0.3, 0.4) is 0 Å². The van der Waals surface area contributed by atoms with Gasteiger partial charge in [0.2, 0.25) is 0 Å². The Labute approximate surface area is 403 Å². The number of imidazole rings is 1. The van der Waals surface area contributed by atoms with Crippen molar-refractivity contribution < 1.29 is 25.7 Å². The number of hydrogen-bond acceptors (Lipinski definition) is 3. The maximum atomic E-state index is 12.4. The third-order valence-electron chi connectivity index (χ3n) is 11.9. The molecule has 0 bridgehead atoms. The largest absolute Gasteiger partial charge is 0.507 e. The number of aromatic hydroxyl groups is 1. The summed E-state index contributed by atoms with van der Waals surface area (Å²) in [6.45, 7) is 15.3. The Morgan fingerprint density at radius 3 is 2.00 bits per heavy atom. The van der Waals surface area contributed by atoms with Crippen LogP contribution in [0.2, 0.25) is 0 Å². The van der Waals surface area contributed by atoms with E-state index >= 15 is 0 Å². The number of nitrogens with zero attached hydrogens (tertiary/aromatic N) is 3. The van der Waals surface area contributed by atoms with Crippen molar-refractivity contribution in [2.75, 3.05) is 0 Å². The average molecular weight is 859 g/mol. The van der Waals surface area contributed by atoms with Crippen molar-refractivity contribution in [3.8, 4) is 67.5 Å². The molecule has 0 spiro atoms. The van der Waals surface area contributed by atoms with Gasteiger partial charge in [0.1, 0.15) is 11.6 Å². The molecule has 4 heteroatoms. The summed E-state index contributed by atoms with van der Waals surface area (Å²) in [5.41, 5.74) is 5.04. The summed E-state index contributed by atoms with van der Waals surface area (Å²) < 4.78 is 134. The van der Waals surface area contributed by atoms with Crippen LogP contribution in [0, 0.1) is 13.7 Å². The van der Waals surface area contributed by atoms with Crippen LogP contribution in [0.1, 0.15) is 159 Å². The van der Waals surface area contributed by atoms with E-state index < -0.39 is 90.0 Å². The number of para-hydroxylation sites is 1. The minimum atomic E-state index is -3.01. The lowest BCUT2D eigenvalue weighted by Crippen LogP contribution is -2.11. The molecule has 6 aromatic carbocycles. The van der Waals surface area contributed by atoms with Crippen LogP contribution in [0.25, 0.3) is 72.7 Å². The zero-order valence-electron chi connectivity index (χ0n) is 53.5. The maximum Gasteiger partial charge on any atom is 0.149 e. The lowest BCUT2D eigenvalue weighted by atomic mass is 9.83. The highest BCUT2D eigenvalue weighted by atomic mass is 16.3. The first-order valence-electron chi connectivity index (χ1n) is 29.3. The second kappa shape index (κ2) is 17.4. The number of pyridine rings is 1. The van der Waals surface area contributed by atoms with E-state index in [0.717, 1.165) is 11.1 Å². The summed E-state index contributed by atoms with van der Waals surface area (Å²) in [7, 11) is 0. The molecule has 0 fully saturated rings. The molecular weight excluding hydrogens is 779 g/mol. The third kappa shape index (κ3) is 8.43. The number of aryl methyl sites for hydroxylation is 1. The predicted molar refractivity (Wildman–Crippen MR) is 272 cm³/mol. The van der Waals surface area contributed by atoms with Gasteiger partial charge in [-0.1, -0.05) is 154 Å². The smallest absolute Gasteiger partial charge is 0.149 e. The summed E-state index contributed by atoms with van der Waals surface area (Å²) in [5.74, 6) is -2.16. The molecule has 8 rings (SSSR count). The van der Waals surface area contributed by atoms with E-state index in [0.29, 0.717) is 61.1 Å². The zero-order valence-corrected chi connectivity index (χ0v) is 38.5. The first-order chi connectivity index (χ1) is 36.4. The number of aromatic nitrogens is 3. The Kier molecular flexibility index (Phi) is 7.93. The van der Waals surface area contributed by atoms with Crippen molar-refractivity contribution in [3.63, 3.8) is 0 Å². The van der Waals surface area contributed by atoms with E-state index in [1.165, 1.54) is 0 Å². The highest BCUT2D eigenvalue weighted by Gasteiger charge is 2.26. The maximum absolute atomic E-state index is 12.4. The molecule has 0 aliphatic rings. The highest BCUT2D eigenvalue weighted by Crippen LogP contribution is 2.45. The fraction of sp³-hybridized carbons (Fsp3) is 0.300. The van der Waals surface area contributed by atoms with Gasteiger partial charge >= 0.3 is 0 Å². The standard InChI is InChI=1S/C60H65N3O/c1-35(2)44-32-51(38(7)8)58(64)52(33-44)59-62-57-50(45-29-46(31-47(30-45)60(11,12)13)53-34-42(26-27-61-53)41-22-20-39(9)21-23-41)18-15-19-55(57)63(59)54-25-24-43(28-40(54)10)56-48(36(3)4)16-14-17-49(56)37(5)6/h14-38,64H,1-13H3/i9D3,10D3,20D,21D,22D,23D,26D,27D,34D,36D,37D. The Bertz CT molecular complexity index is 3690. The van der Waals surface area contributed by atoms with Gasteiger partial charge in [0.25, 0.3) is 0 Å². The van der Waals surface area contributed by atoms with Crippen molar-refractivity contribution >= 4 is 11.0 Å². The van der Waals surface area contributed by atoms with Gasteiger partial charge in [-0.05, 0) is 152 Å². The number of phenols is 1. The topological polar surface area (TPSA) is 50.9 Å². The molecule has 0 radical (unpaired) electrons. The second-order valence-corrected chi connectivity index (χ2v) is 18.7. The monoisotopic (exact) mass is 859 g/mol. The van der Waals surface area contributed by atoms with Crippen LogP contribution in [-0.2, 0) is 5.41 Å². The molecule has 0 atom stereocenters. The van der Waals surface area contributed by atoms with E-state index in [-0.39, 0.29) is 40.4 Å². The van der Waals surface area contributed by atoms with Crippen LogP contribution < -0.4 is 0 Å². The first kappa shape index (κ1) is 29.2. The molecule has 0 amide bonds. The number of phenolic OH excluding ortho intramolecular Hbond substituents is 1. The van der Waals surface area contributed by atoms with E-state index in [1.54, 1.807) is 68.7 Å². The van der Waals surface area contributed by atoms with Gasteiger partial charge < -0.3 is 5.11 Å². The van der Waals surface area contributed by atoms with E-state index in [9.17, 15) is 9.22 Å². The molecule has 2 aromatic heterocycles. The summed E-state index contributed by atoms with van der Waals surface area (Å²) in [6.07, 6.45) is -0.627. The van der Waals surface area contributed by atoms with Gasteiger partial charge in [-0.2, -0.15) is 0 Å². The number of benzene rings is 6. The van der Waals surface area contributed by atoms with Gasteiger partial charge in [0.15, 0.2) is 0 Å². The predicted octanol–water partition coefficient (Wildman–Crippen LogP) is 16.9. The van der Waals surface area contributed by atoms with Gasteiger partial charge in [-0.25, -0.2) is 4.98 Å². The van der Waals surface area contributed by atoms with Crippen LogP contribution in [0.15, 0.2) is 127 Å². The van der Waals surface area contributed by atoms with E-state index in [2.05, 4.69) is 4.98 Å².